The molecule has 4 rings (SSSR count). The molecular weight excluding hydrogens is 431 g/mol. The first-order valence-corrected chi connectivity index (χ1v) is 11.6. The molecule has 2 heterocycles. The number of rotatable bonds is 7. The van der Waals surface area contributed by atoms with Crippen LogP contribution in [-0.4, -0.2) is 25.9 Å². The molecule has 5 nitrogen and oxygen atoms in total. The molecule has 0 aliphatic carbocycles. The second kappa shape index (κ2) is 9.45. The van der Waals surface area contributed by atoms with E-state index >= 15 is 0 Å². The van der Waals surface area contributed by atoms with Crippen molar-refractivity contribution in [3.8, 4) is 16.4 Å². The van der Waals surface area contributed by atoms with Gasteiger partial charge in [-0.15, -0.1) is 21.5 Å². The van der Waals surface area contributed by atoms with E-state index in [0.717, 1.165) is 22.0 Å². The normalized spacial score (nSPS) is 13.0. The van der Waals surface area contributed by atoms with E-state index < -0.39 is 5.25 Å². The van der Waals surface area contributed by atoms with Gasteiger partial charge in [-0.1, -0.05) is 48.2 Å². The fourth-order valence-electron chi connectivity index (χ4n) is 3.10. The number of carbonyl (C=O) groups is 1. The van der Waals surface area contributed by atoms with Crippen molar-refractivity contribution in [2.24, 2.45) is 0 Å². The molecule has 0 spiro atoms. The molecule has 2 aromatic carbocycles. The summed E-state index contributed by atoms with van der Waals surface area (Å²) in [6.07, 6.45) is 0. The summed E-state index contributed by atoms with van der Waals surface area (Å²) in [7, 11) is 0. The smallest absolute Gasteiger partial charge is 0.233 e. The van der Waals surface area contributed by atoms with E-state index in [1.807, 2.05) is 66.3 Å². The summed E-state index contributed by atoms with van der Waals surface area (Å²) >= 11 is 2.94. The minimum absolute atomic E-state index is 0.123. The summed E-state index contributed by atoms with van der Waals surface area (Å²) < 4.78 is 15.1. The Balaban J connectivity index is 1.54. The predicted molar refractivity (Wildman–Crippen MR) is 123 cm³/mol. The molecule has 4 aromatic rings. The highest BCUT2D eigenvalue weighted by Gasteiger charge is 2.23. The molecule has 0 fully saturated rings. The van der Waals surface area contributed by atoms with Gasteiger partial charge >= 0.3 is 0 Å². The molecule has 0 aliphatic heterocycles. The maximum atomic E-state index is 13.2. The number of nitrogens with zero attached hydrogens (tertiary/aromatic N) is 3. The van der Waals surface area contributed by atoms with Gasteiger partial charge < -0.3 is 5.32 Å². The second-order valence-electron chi connectivity index (χ2n) is 7.00. The third-order valence-electron chi connectivity index (χ3n) is 4.77. The molecule has 2 unspecified atom stereocenters. The number of hydrogen-bond acceptors (Lipinski definition) is 5. The van der Waals surface area contributed by atoms with E-state index in [2.05, 4.69) is 15.5 Å². The SMILES string of the molecule is CC(Sc1nnc(-c2cccs2)n1-c1ccccc1)C(=O)NC(C)c1ccc(F)cc1. The first kappa shape index (κ1) is 21.3. The summed E-state index contributed by atoms with van der Waals surface area (Å²) in [5.74, 6) is 0.325. The zero-order chi connectivity index (χ0) is 21.8. The molecule has 2 aromatic heterocycles. The van der Waals surface area contributed by atoms with Crippen LogP contribution in [0.15, 0.2) is 77.3 Å². The van der Waals surface area contributed by atoms with Crippen LogP contribution in [0, 0.1) is 5.82 Å². The number of para-hydroxylation sites is 1. The van der Waals surface area contributed by atoms with Gasteiger partial charge in [-0.05, 0) is 55.1 Å². The lowest BCUT2D eigenvalue weighted by molar-refractivity contribution is -0.120. The highest BCUT2D eigenvalue weighted by Crippen LogP contribution is 2.32. The lowest BCUT2D eigenvalue weighted by Crippen LogP contribution is -2.33. The van der Waals surface area contributed by atoms with Gasteiger partial charge in [0.2, 0.25) is 5.91 Å². The summed E-state index contributed by atoms with van der Waals surface area (Å²) in [6, 6.07) is 19.8. The quantitative estimate of drug-likeness (QED) is 0.377. The van der Waals surface area contributed by atoms with Crippen molar-refractivity contribution in [1.29, 1.82) is 0 Å². The van der Waals surface area contributed by atoms with Crippen LogP contribution in [0.5, 0.6) is 0 Å². The molecule has 0 aliphatic rings. The Bertz CT molecular complexity index is 1140. The van der Waals surface area contributed by atoms with Crippen LogP contribution in [0.1, 0.15) is 25.5 Å². The van der Waals surface area contributed by atoms with Gasteiger partial charge in [-0.3, -0.25) is 9.36 Å². The number of halogens is 1. The molecule has 0 radical (unpaired) electrons. The number of benzene rings is 2. The minimum atomic E-state index is -0.397. The maximum absolute atomic E-state index is 13.2. The topological polar surface area (TPSA) is 59.8 Å². The van der Waals surface area contributed by atoms with Crippen molar-refractivity contribution in [3.63, 3.8) is 0 Å². The lowest BCUT2D eigenvalue weighted by Gasteiger charge is -2.18. The molecule has 0 bridgehead atoms. The van der Waals surface area contributed by atoms with Gasteiger partial charge in [-0.2, -0.15) is 0 Å². The molecule has 1 N–H and O–H groups in total. The molecule has 0 saturated carbocycles. The molecule has 0 saturated heterocycles. The second-order valence-corrected chi connectivity index (χ2v) is 9.25. The minimum Gasteiger partial charge on any atom is -0.349 e. The largest absolute Gasteiger partial charge is 0.349 e. The van der Waals surface area contributed by atoms with Crippen LogP contribution >= 0.6 is 23.1 Å². The van der Waals surface area contributed by atoms with Crippen LogP contribution in [0.4, 0.5) is 4.39 Å². The highest BCUT2D eigenvalue weighted by atomic mass is 32.2. The van der Waals surface area contributed by atoms with Crippen molar-refractivity contribution >= 4 is 29.0 Å². The Morgan fingerprint density at radius 1 is 1.03 bits per heavy atom. The van der Waals surface area contributed by atoms with Crippen LogP contribution in [0.3, 0.4) is 0 Å². The van der Waals surface area contributed by atoms with E-state index in [0.29, 0.717) is 5.16 Å². The molecule has 2 atom stereocenters. The monoisotopic (exact) mass is 452 g/mol. The number of carbonyl (C=O) groups excluding carboxylic acids is 1. The van der Waals surface area contributed by atoms with Crippen LogP contribution in [-0.2, 0) is 4.79 Å². The van der Waals surface area contributed by atoms with Gasteiger partial charge in [0.15, 0.2) is 11.0 Å². The number of thioether (sulfide) groups is 1. The molecule has 158 valence electrons. The number of nitrogens with one attached hydrogen (secondary N) is 1. The van der Waals surface area contributed by atoms with Crippen LogP contribution in [0.2, 0.25) is 0 Å². The number of thiophene rings is 1. The number of aromatic nitrogens is 3. The fraction of sp³-hybridized carbons (Fsp3) is 0.174. The molecule has 1 amide bonds. The van der Waals surface area contributed by atoms with E-state index in [9.17, 15) is 9.18 Å². The van der Waals surface area contributed by atoms with Gasteiger partial charge in [0, 0.05) is 5.69 Å². The first-order valence-electron chi connectivity index (χ1n) is 9.80. The van der Waals surface area contributed by atoms with Gasteiger partial charge in [0.25, 0.3) is 0 Å². The van der Waals surface area contributed by atoms with Crippen LogP contribution in [0.25, 0.3) is 16.4 Å². The predicted octanol–water partition coefficient (Wildman–Crippen LogP) is 5.49. The average Bonchev–Trinajstić information content (AvgIpc) is 3.44. The van der Waals surface area contributed by atoms with Gasteiger partial charge in [0.05, 0.1) is 16.2 Å². The van der Waals surface area contributed by atoms with E-state index in [1.54, 1.807) is 23.5 Å². The van der Waals surface area contributed by atoms with Gasteiger partial charge in [0.1, 0.15) is 5.82 Å². The average molecular weight is 453 g/mol. The Morgan fingerprint density at radius 3 is 2.45 bits per heavy atom. The highest BCUT2D eigenvalue weighted by molar-refractivity contribution is 8.00. The van der Waals surface area contributed by atoms with Crippen molar-refractivity contribution < 1.29 is 9.18 Å². The standard InChI is InChI=1S/C23H21FN4OS2/c1-15(17-10-12-18(24)13-11-17)25-22(29)16(2)31-23-27-26-21(20-9-6-14-30-20)28(23)19-7-4-3-5-8-19/h3-16H,1-2H3,(H,25,29). The Labute approximate surface area is 188 Å². The van der Waals surface area contributed by atoms with E-state index in [-0.39, 0.29) is 17.8 Å². The Morgan fingerprint density at radius 2 is 1.77 bits per heavy atom. The molecular formula is C23H21FN4OS2. The summed E-state index contributed by atoms with van der Waals surface area (Å²) in [6.45, 7) is 3.72. The first-order chi connectivity index (χ1) is 15.0. The molecule has 8 heteroatoms. The maximum Gasteiger partial charge on any atom is 0.233 e. The van der Waals surface area contributed by atoms with Crippen molar-refractivity contribution in [2.75, 3.05) is 0 Å². The Kier molecular flexibility index (Phi) is 6.48. The van der Waals surface area contributed by atoms with Gasteiger partial charge in [-0.25, -0.2) is 4.39 Å². The van der Waals surface area contributed by atoms with Crippen molar-refractivity contribution in [2.45, 2.75) is 30.3 Å². The van der Waals surface area contributed by atoms with E-state index in [4.69, 9.17) is 0 Å². The Hall–Kier alpha value is -2.97. The number of amides is 1. The zero-order valence-electron chi connectivity index (χ0n) is 17.0. The van der Waals surface area contributed by atoms with Crippen molar-refractivity contribution in [3.05, 3.63) is 83.5 Å². The zero-order valence-corrected chi connectivity index (χ0v) is 18.7. The van der Waals surface area contributed by atoms with Crippen LogP contribution < -0.4 is 5.32 Å². The van der Waals surface area contributed by atoms with E-state index in [1.165, 1.54) is 23.9 Å². The van der Waals surface area contributed by atoms with Crippen molar-refractivity contribution in [1.82, 2.24) is 20.1 Å². The summed E-state index contributed by atoms with van der Waals surface area (Å²) in [5.41, 5.74) is 1.78. The fourth-order valence-corrected chi connectivity index (χ4v) is 4.67. The third-order valence-corrected chi connectivity index (χ3v) is 6.68. The lowest BCUT2D eigenvalue weighted by atomic mass is 10.1. The summed E-state index contributed by atoms with van der Waals surface area (Å²) in [4.78, 5) is 13.8. The third kappa shape index (κ3) is 4.86. The molecule has 31 heavy (non-hydrogen) atoms. The summed E-state index contributed by atoms with van der Waals surface area (Å²) in [5, 5.41) is 14.0. The number of hydrogen-bond donors (Lipinski definition) is 1.